The number of nitrogens with one attached hydrogen (secondary N) is 3. The van der Waals surface area contributed by atoms with Crippen LogP contribution in [-0.4, -0.2) is 29.9 Å². The van der Waals surface area contributed by atoms with E-state index in [1.807, 2.05) is 48.5 Å². The van der Waals surface area contributed by atoms with Gasteiger partial charge in [-0.1, -0.05) is 67.8 Å². The van der Waals surface area contributed by atoms with Crippen molar-refractivity contribution in [3.05, 3.63) is 66.2 Å². The lowest BCUT2D eigenvalue weighted by Gasteiger charge is -2.44. The van der Waals surface area contributed by atoms with Gasteiger partial charge in [0.25, 0.3) is 0 Å². The minimum absolute atomic E-state index is 0.178. The van der Waals surface area contributed by atoms with Gasteiger partial charge in [-0.05, 0) is 30.5 Å². The summed E-state index contributed by atoms with van der Waals surface area (Å²) in [5.41, 5.74) is 11.5. The first-order valence-electron chi connectivity index (χ1n) is 10.5. The minimum Gasteiger partial charge on any atom is -0.368 e. The average molecular weight is 424 g/mol. The Morgan fingerprint density at radius 2 is 1.52 bits per heavy atom. The summed E-state index contributed by atoms with van der Waals surface area (Å²) in [6.45, 7) is 0.186. The van der Waals surface area contributed by atoms with Gasteiger partial charge in [0.2, 0.25) is 11.8 Å². The number of anilines is 1. The van der Waals surface area contributed by atoms with Gasteiger partial charge in [-0.2, -0.15) is 0 Å². The van der Waals surface area contributed by atoms with Crippen molar-refractivity contribution in [1.29, 1.82) is 0 Å². The highest BCUT2D eigenvalue weighted by Crippen LogP contribution is 2.36. The maximum absolute atomic E-state index is 13.2. The van der Waals surface area contributed by atoms with Gasteiger partial charge in [-0.25, -0.2) is 10.2 Å². The molecule has 0 unspecified atom stereocenters. The van der Waals surface area contributed by atoms with Crippen LogP contribution < -0.4 is 26.8 Å². The van der Waals surface area contributed by atoms with Crippen molar-refractivity contribution in [3.8, 4) is 0 Å². The molecule has 0 aromatic heterocycles. The molecule has 0 bridgehead atoms. The van der Waals surface area contributed by atoms with Crippen LogP contribution in [0.1, 0.15) is 37.7 Å². The van der Waals surface area contributed by atoms with Crippen LogP contribution in [-0.2, 0) is 16.1 Å². The zero-order valence-corrected chi connectivity index (χ0v) is 17.5. The van der Waals surface area contributed by atoms with E-state index in [0.29, 0.717) is 25.1 Å². The molecule has 0 spiro atoms. The van der Waals surface area contributed by atoms with E-state index < -0.39 is 17.5 Å². The van der Waals surface area contributed by atoms with Crippen LogP contribution in [0.15, 0.2) is 60.7 Å². The van der Waals surface area contributed by atoms with Gasteiger partial charge in [-0.3, -0.25) is 19.9 Å². The number of benzene rings is 2. The zero-order valence-electron chi connectivity index (χ0n) is 17.5. The lowest BCUT2D eigenvalue weighted by Crippen LogP contribution is -2.63. The number of carbonyl (C=O) groups is 3. The monoisotopic (exact) mass is 423 g/mol. The van der Waals surface area contributed by atoms with E-state index in [9.17, 15) is 14.4 Å². The quantitative estimate of drug-likeness (QED) is 0.487. The molecule has 1 saturated carbocycles. The fourth-order valence-corrected chi connectivity index (χ4v) is 4.03. The molecular formula is C23H29N5O3. The second kappa shape index (κ2) is 10.6. The first-order chi connectivity index (χ1) is 15.0. The standard InChI is InChI=1S/C23H29N5O3/c24-21(30)23(14-8-3-9-15-23)28(19-12-6-2-7-13-19)20(29)17-26-27-22(31)25-16-18-10-4-1-5-11-18/h1-2,4-7,10-13,26H,3,8-9,14-17H2,(H2,24,30)(H2,25,27,31). The largest absolute Gasteiger partial charge is 0.368 e. The van der Waals surface area contributed by atoms with E-state index in [2.05, 4.69) is 16.2 Å². The molecule has 8 heteroatoms. The summed E-state index contributed by atoms with van der Waals surface area (Å²) < 4.78 is 0. The molecule has 3 rings (SSSR count). The second-order valence-electron chi connectivity index (χ2n) is 7.67. The Morgan fingerprint density at radius 3 is 2.13 bits per heavy atom. The number of urea groups is 1. The average Bonchev–Trinajstić information content (AvgIpc) is 2.80. The van der Waals surface area contributed by atoms with Gasteiger partial charge in [0.1, 0.15) is 5.54 Å². The fraction of sp³-hybridized carbons (Fsp3) is 0.348. The number of hydrogen-bond acceptors (Lipinski definition) is 4. The van der Waals surface area contributed by atoms with E-state index in [1.54, 1.807) is 12.1 Å². The van der Waals surface area contributed by atoms with Crippen molar-refractivity contribution >= 4 is 23.5 Å². The molecule has 2 aromatic carbocycles. The van der Waals surface area contributed by atoms with Crippen molar-refractivity contribution < 1.29 is 14.4 Å². The number of nitrogens with zero attached hydrogens (tertiary/aromatic N) is 1. The topological polar surface area (TPSA) is 117 Å². The summed E-state index contributed by atoms with van der Waals surface area (Å²) in [6.07, 6.45) is 3.70. The summed E-state index contributed by atoms with van der Waals surface area (Å²) in [4.78, 5) is 39.3. The smallest absolute Gasteiger partial charge is 0.329 e. The number of hydrazine groups is 1. The number of hydrogen-bond donors (Lipinski definition) is 4. The van der Waals surface area contributed by atoms with Crippen molar-refractivity contribution in [1.82, 2.24) is 16.2 Å². The molecule has 1 aliphatic rings. The maximum atomic E-state index is 13.2. The molecule has 0 radical (unpaired) electrons. The molecule has 164 valence electrons. The van der Waals surface area contributed by atoms with Crippen LogP contribution in [0, 0.1) is 0 Å². The van der Waals surface area contributed by atoms with Gasteiger partial charge >= 0.3 is 6.03 Å². The van der Waals surface area contributed by atoms with E-state index in [0.717, 1.165) is 24.8 Å². The summed E-state index contributed by atoms with van der Waals surface area (Å²) in [5.74, 6) is -0.840. The van der Waals surface area contributed by atoms with Crippen molar-refractivity contribution in [2.24, 2.45) is 5.73 Å². The predicted octanol–water partition coefficient (Wildman–Crippen LogP) is 2.21. The highest BCUT2D eigenvalue weighted by atomic mass is 16.2. The number of para-hydroxylation sites is 1. The summed E-state index contributed by atoms with van der Waals surface area (Å²) >= 11 is 0. The molecule has 1 fully saturated rings. The third-order valence-corrected chi connectivity index (χ3v) is 5.57. The summed E-state index contributed by atoms with van der Waals surface area (Å²) in [6, 6.07) is 18.1. The van der Waals surface area contributed by atoms with E-state index >= 15 is 0 Å². The second-order valence-corrected chi connectivity index (χ2v) is 7.67. The zero-order chi connectivity index (χ0) is 22.1. The molecule has 4 amide bonds. The molecule has 0 saturated heterocycles. The Balaban J connectivity index is 1.64. The Morgan fingerprint density at radius 1 is 0.903 bits per heavy atom. The number of carbonyl (C=O) groups excluding carboxylic acids is 3. The van der Waals surface area contributed by atoms with Crippen LogP contribution in [0.4, 0.5) is 10.5 Å². The summed E-state index contributed by atoms with van der Waals surface area (Å²) in [5, 5.41) is 2.71. The SMILES string of the molecule is NC(=O)C1(N(C(=O)CNNC(=O)NCc2ccccc2)c2ccccc2)CCCCC1. The third kappa shape index (κ3) is 5.61. The Bertz CT molecular complexity index is 883. The van der Waals surface area contributed by atoms with Gasteiger partial charge in [-0.15, -0.1) is 0 Å². The van der Waals surface area contributed by atoms with E-state index in [1.165, 1.54) is 4.90 Å². The Labute approximate surface area is 182 Å². The maximum Gasteiger partial charge on any atom is 0.329 e. The first-order valence-corrected chi connectivity index (χ1v) is 10.5. The molecular weight excluding hydrogens is 394 g/mol. The lowest BCUT2D eigenvalue weighted by molar-refractivity contribution is -0.129. The lowest BCUT2D eigenvalue weighted by atomic mass is 9.79. The highest BCUT2D eigenvalue weighted by molar-refractivity contribution is 6.04. The molecule has 2 aromatic rings. The van der Waals surface area contributed by atoms with Crippen LogP contribution in [0.25, 0.3) is 0 Å². The first kappa shape index (κ1) is 22.3. The predicted molar refractivity (Wildman–Crippen MR) is 119 cm³/mol. The van der Waals surface area contributed by atoms with Crippen LogP contribution in [0.3, 0.4) is 0 Å². The number of primary amides is 1. The summed E-state index contributed by atoms with van der Waals surface area (Å²) in [7, 11) is 0. The molecule has 0 aliphatic heterocycles. The molecule has 1 aliphatic carbocycles. The van der Waals surface area contributed by atoms with E-state index in [-0.39, 0.29) is 12.5 Å². The van der Waals surface area contributed by atoms with Crippen LogP contribution in [0.5, 0.6) is 0 Å². The van der Waals surface area contributed by atoms with Gasteiger partial charge in [0.15, 0.2) is 0 Å². The molecule has 31 heavy (non-hydrogen) atoms. The minimum atomic E-state index is -1.06. The van der Waals surface area contributed by atoms with Gasteiger partial charge in [0, 0.05) is 12.2 Å². The van der Waals surface area contributed by atoms with Gasteiger partial charge in [0.05, 0.1) is 6.54 Å². The fourth-order valence-electron chi connectivity index (χ4n) is 4.03. The molecule has 0 atom stereocenters. The van der Waals surface area contributed by atoms with Crippen molar-refractivity contribution in [3.63, 3.8) is 0 Å². The van der Waals surface area contributed by atoms with Crippen molar-refractivity contribution in [2.75, 3.05) is 11.4 Å². The molecule has 5 N–H and O–H groups in total. The van der Waals surface area contributed by atoms with E-state index in [4.69, 9.17) is 5.73 Å². The van der Waals surface area contributed by atoms with Crippen LogP contribution in [0.2, 0.25) is 0 Å². The van der Waals surface area contributed by atoms with Crippen LogP contribution >= 0.6 is 0 Å². The Hall–Kier alpha value is -3.39. The Kier molecular flexibility index (Phi) is 7.61. The highest BCUT2D eigenvalue weighted by Gasteiger charge is 2.46. The number of nitrogens with two attached hydrogens (primary N) is 1. The number of rotatable bonds is 8. The third-order valence-electron chi connectivity index (χ3n) is 5.57. The number of amides is 4. The molecule has 8 nitrogen and oxygen atoms in total. The van der Waals surface area contributed by atoms with Crippen molar-refractivity contribution in [2.45, 2.75) is 44.2 Å². The molecule has 0 heterocycles. The normalized spacial score (nSPS) is 15.0. The van der Waals surface area contributed by atoms with Gasteiger partial charge < -0.3 is 11.1 Å².